The van der Waals surface area contributed by atoms with Gasteiger partial charge in [-0.25, -0.2) is 0 Å². The third-order valence-electron chi connectivity index (χ3n) is 3.18. The number of carbonyl (C=O) groups excluding carboxylic acids is 2. The maximum absolute atomic E-state index is 10.9. The number of amides is 1. The van der Waals surface area contributed by atoms with E-state index in [1.165, 1.54) is 13.0 Å². The van der Waals surface area contributed by atoms with Gasteiger partial charge in [0.2, 0.25) is 5.91 Å². The van der Waals surface area contributed by atoms with Gasteiger partial charge in [-0.1, -0.05) is 19.4 Å². The Morgan fingerprint density at radius 1 is 1.18 bits per heavy atom. The molecule has 0 heterocycles. The molecule has 4 atom stereocenters. The lowest BCUT2D eigenvalue weighted by molar-refractivity contribution is -0.141. The Balaban J connectivity index is 3.73. The SMILES string of the molecule is C=CC(=O)NCCCCCCO[C@H](C=O)[C@H](O)[C@H](O)[C@H](C)O. The molecule has 128 valence electrons. The van der Waals surface area contributed by atoms with Crippen molar-refractivity contribution in [2.75, 3.05) is 13.2 Å². The summed E-state index contributed by atoms with van der Waals surface area (Å²) in [4.78, 5) is 21.7. The van der Waals surface area contributed by atoms with E-state index in [2.05, 4.69) is 11.9 Å². The predicted octanol–water partition coefficient (Wildman–Crippen LogP) is -0.464. The van der Waals surface area contributed by atoms with Gasteiger partial charge < -0.3 is 30.2 Å². The first-order valence-electron chi connectivity index (χ1n) is 7.45. The number of aliphatic hydroxyl groups is 3. The highest BCUT2D eigenvalue weighted by Crippen LogP contribution is 2.08. The molecule has 7 heteroatoms. The molecule has 0 saturated heterocycles. The van der Waals surface area contributed by atoms with E-state index in [0.29, 0.717) is 19.3 Å². The van der Waals surface area contributed by atoms with Crippen molar-refractivity contribution in [2.45, 2.75) is 57.0 Å². The van der Waals surface area contributed by atoms with Crippen LogP contribution in [0, 0.1) is 0 Å². The van der Waals surface area contributed by atoms with Crippen LogP contribution in [-0.4, -0.2) is 65.1 Å². The normalized spacial score (nSPS) is 16.4. The zero-order valence-electron chi connectivity index (χ0n) is 13.0. The second kappa shape index (κ2) is 12.3. The highest BCUT2D eigenvalue weighted by atomic mass is 16.5. The standard InChI is InChI=1S/C15H27NO6/c1-3-13(19)16-8-6-4-5-7-9-22-12(10-17)15(21)14(20)11(2)18/h3,10-12,14-15,18,20-21H,1,4-9H2,2H3,(H,16,19)/t11-,12+,14+,15-/m0/s1. The number of nitrogens with one attached hydrogen (secondary N) is 1. The van der Waals surface area contributed by atoms with Crippen LogP contribution in [0.15, 0.2) is 12.7 Å². The van der Waals surface area contributed by atoms with Gasteiger partial charge in [0.05, 0.1) is 6.10 Å². The fraction of sp³-hybridized carbons (Fsp3) is 0.733. The highest BCUT2D eigenvalue weighted by molar-refractivity contribution is 5.86. The minimum atomic E-state index is -1.45. The van der Waals surface area contributed by atoms with Crippen molar-refractivity contribution in [1.29, 1.82) is 0 Å². The first-order valence-corrected chi connectivity index (χ1v) is 7.45. The largest absolute Gasteiger partial charge is 0.391 e. The molecule has 0 fully saturated rings. The molecule has 0 spiro atoms. The molecule has 0 unspecified atom stereocenters. The third-order valence-corrected chi connectivity index (χ3v) is 3.18. The molecule has 0 aromatic carbocycles. The topological polar surface area (TPSA) is 116 Å². The maximum atomic E-state index is 10.9. The van der Waals surface area contributed by atoms with E-state index in [-0.39, 0.29) is 12.5 Å². The molecule has 0 rings (SSSR count). The lowest BCUT2D eigenvalue weighted by Crippen LogP contribution is -2.45. The van der Waals surface area contributed by atoms with E-state index in [9.17, 15) is 19.8 Å². The summed E-state index contributed by atoms with van der Waals surface area (Å²) >= 11 is 0. The van der Waals surface area contributed by atoms with Crippen molar-refractivity contribution in [1.82, 2.24) is 5.32 Å². The van der Waals surface area contributed by atoms with Crippen molar-refractivity contribution in [3.63, 3.8) is 0 Å². The molecule has 0 aliphatic heterocycles. The van der Waals surface area contributed by atoms with Crippen LogP contribution >= 0.6 is 0 Å². The van der Waals surface area contributed by atoms with Crippen molar-refractivity contribution < 1.29 is 29.6 Å². The second-order valence-electron chi connectivity index (χ2n) is 5.10. The van der Waals surface area contributed by atoms with Crippen LogP contribution in [0.3, 0.4) is 0 Å². The molecular weight excluding hydrogens is 290 g/mol. The molecule has 0 saturated carbocycles. The van der Waals surface area contributed by atoms with E-state index in [1.54, 1.807) is 0 Å². The van der Waals surface area contributed by atoms with Gasteiger partial charge >= 0.3 is 0 Å². The van der Waals surface area contributed by atoms with Crippen molar-refractivity contribution in [3.8, 4) is 0 Å². The number of ether oxygens (including phenoxy) is 1. The highest BCUT2D eigenvalue weighted by Gasteiger charge is 2.29. The Bertz CT molecular complexity index is 334. The summed E-state index contributed by atoms with van der Waals surface area (Å²) in [7, 11) is 0. The van der Waals surface area contributed by atoms with Gasteiger partial charge in [-0.3, -0.25) is 4.79 Å². The van der Waals surface area contributed by atoms with Crippen molar-refractivity contribution >= 4 is 12.2 Å². The summed E-state index contributed by atoms with van der Waals surface area (Å²) in [6.07, 6.45) is -0.270. The number of rotatable bonds is 13. The van der Waals surface area contributed by atoms with E-state index in [1.807, 2.05) is 0 Å². The number of hydrogen-bond donors (Lipinski definition) is 4. The van der Waals surface area contributed by atoms with Gasteiger partial charge in [0.1, 0.15) is 18.3 Å². The number of aliphatic hydroxyl groups excluding tert-OH is 3. The Kier molecular flexibility index (Phi) is 11.6. The fourth-order valence-electron chi connectivity index (χ4n) is 1.78. The maximum Gasteiger partial charge on any atom is 0.243 e. The summed E-state index contributed by atoms with van der Waals surface area (Å²) < 4.78 is 5.21. The molecular formula is C15H27NO6. The van der Waals surface area contributed by atoms with Gasteiger partial charge in [-0.15, -0.1) is 0 Å². The molecule has 4 N–H and O–H groups in total. The van der Waals surface area contributed by atoms with E-state index in [0.717, 1.165) is 19.3 Å². The minimum absolute atomic E-state index is 0.192. The van der Waals surface area contributed by atoms with Gasteiger partial charge in [0.15, 0.2) is 6.29 Å². The lowest BCUT2D eigenvalue weighted by atomic mass is 10.0. The molecule has 7 nitrogen and oxygen atoms in total. The summed E-state index contributed by atoms with van der Waals surface area (Å²) in [5.74, 6) is -0.192. The first kappa shape index (κ1) is 20.7. The number of carbonyl (C=O) groups is 2. The molecule has 0 radical (unpaired) electrons. The molecule has 22 heavy (non-hydrogen) atoms. The molecule has 1 amide bonds. The Labute approximate surface area is 131 Å². The second-order valence-corrected chi connectivity index (χ2v) is 5.10. The third kappa shape index (κ3) is 8.89. The van der Waals surface area contributed by atoms with Crippen LogP contribution < -0.4 is 5.32 Å². The number of unbranched alkanes of at least 4 members (excludes halogenated alkanes) is 3. The van der Waals surface area contributed by atoms with E-state index < -0.39 is 24.4 Å². The molecule has 0 aliphatic rings. The smallest absolute Gasteiger partial charge is 0.243 e. The van der Waals surface area contributed by atoms with Crippen molar-refractivity contribution in [2.24, 2.45) is 0 Å². The van der Waals surface area contributed by atoms with E-state index >= 15 is 0 Å². The minimum Gasteiger partial charge on any atom is -0.391 e. The van der Waals surface area contributed by atoms with Crippen LogP contribution in [0.5, 0.6) is 0 Å². The van der Waals surface area contributed by atoms with Crippen LogP contribution in [0.2, 0.25) is 0 Å². The summed E-state index contributed by atoms with van der Waals surface area (Å²) in [6.45, 7) is 5.53. The average Bonchev–Trinajstić information content (AvgIpc) is 2.51. The van der Waals surface area contributed by atoms with Crippen LogP contribution in [0.4, 0.5) is 0 Å². The van der Waals surface area contributed by atoms with Gasteiger partial charge in [-0.2, -0.15) is 0 Å². The molecule has 0 bridgehead atoms. The number of aldehydes is 1. The predicted molar refractivity (Wildman–Crippen MR) is 81.2 cm³/mol. The van der Waals surface area contributed by atoms with Crippen LogP contribution in [-0.2, 0) is 14.3 Å². The van der Waals surface area contributed by atoms with Gasteiger partial charge in [0.25, 0.3) is 0 Å². The fourth-order valence-corrected chi connectivity index (χ4v) is 1.78. The quantitative estimate of drug-likeness (QED) is 0.207. The van der Waals surface area contributed by atoms with Gasteiger partial charge in [0, 0.05) is 13.2 Å². The van der Waals surface area contributed by atoms with Crippen molar-refractivity contribution in [3.05, 3.63) is 12.7 Å². The first-order chi connectivity index (χ1) is 10.4. The van der Waals surface area contributed by atoms with E-state index in [4.69, 9.17) is 9.84 Å². The Hall–Kier alpha value is -1.28. The summed E-state index contributed by atoms with van der Waals surface area (Å²) in [5.41, 5.74) is 0. The lowest BCUT2D eigenvalue weighted by Gasteiger charge is -2.24. The van der Waals surface area contributed by atoms with Crippen LogP contribution in [0.1, 0.15) is 32.6 Å². The van der Waals surface area contributed by atoms with Crippen LogP contribution in [0.25, 0.3) is 0 Å². The van der Waals surface area contributed by atoms with Gasteiger partial charge in [-0.05, 0) is 25.8 Å². The zero-order valence-corrected chi connectivity index (χ0v) is 13.0. The molecule has 0 aliphatic carbocycles. The summed E-state index contributed by atoms with van der Waals surface area (Å²) in [5, 5.41) is 31.0. The Morgan fingerprint density at radius 2 is 1.82 bits per heavy atom. The summed E-state index contributed by atoms with van der Waals surface area (Å²) in [6, 6.07) is 0. The Morgan fingerprint density at radius 3 is 2.36 bits per heavy atom. The molecule has 0 aromatic rings. The number of hydrogen-bond acceptors (Lipinski definition) is 6. The monoisotopic (exact) mass is 317 g/mol. The zero-order chi connectivity index (χ0) is 17.0. The average molecular weight is 317 g/mol. The molecule has 0 aromatic heterocycles.